The molecule has 176 valence electrons. The van der Waals surface area contributed by atoms with Gasteiger partial charge in [0.25, 0.3) is 5.91 Å². The number of carbonyl (C=O) groups excluding carboxylic acids is 2. The lowest BCUT2D eigenvalue weighted by atomic mass is 9.98. The molecular formula is C25H25N3O5S. The van der Waals surface area contributed by atoms with Crippen molar-refractivity contribution in [1.29, 1.82) is 0 Å². The minimum Gasteiger partial charge on any atom is -0.481 e. The minimum atomic E-state index is -0.972. The van der Waals surface area contributed by atoms with Crippen molar-refractivity contribution in [2.24, 2.45) is 0 Å². The van der Waals surface area contributed by atoms with Gasteiger partial charge in [0.1, 0.15) is 11.5 Å². The lowest BCUT2D eigenvalue weighted by Crippen LogP contribution is -2.36. The van der Waals surface area contributed by atoms with E-state index in [9.17, 15) is 14.4 Å². The molecule has 2 amide bonds. The van der Waals surface area contributed by atoms with Gasteiger partial charge in [-0.2, -0.15) is 0 Å². The first-order valence-electron chi connectivity index (χ1n) is 11.1. The van der Waals surface area contributed by atoms with E-state index < -0.39 is 24.0 Å². The van der Waals surface area contributed by atoms with E-state index >= 15 is 0 Å². The first-order chi connectivity index (χ1) is 16.5. The van der Waals surface area contributed by atoms with Crippen LogP contribution in [0.25, 0.3) is 11.1 Å². The van der Waals surface area contributed by atoms with Crippen LogP contribution >= 0.6 is 11.3 Å². The zero-order valence-corrected chi connectivity index (χ0v) is 19.4. The number of hydrogen-bond donors (Lipinski definition) is 3. The summed E-state index contributed by atoms with van der Waals surface area (Å²) in [6.07, 6.45) is 1.85. The Morgan fingerprint density at radius 2 is 1.74 bits per heavy atom. The van der Waals surface area contributed by atoms with Crippen LogP contribution in [-0.4, -0.2) is 40.7 Å². The zero-order chi connectivity index (χ0) is 24.1. The Morgan fingerprint density at radius 1 is 1.09 bits per heavy atom. The number of nitrogens with one attached hydrogen (secondary N) is 2. The van der Waals surface area contributed by atoms with E-state index in [1.165, 1.54) is 6.20 Å². The molecule has 2 aromatic carbocycles. The van der Waals surface area contributed by atoms with Crippen molar-refractivity contribution >= 4 is 34.4 Å². The molecule has 1 aliphatic rings. The Kier molecular flexibility index (Phi) is 7.22. The van der Waals surface area contributed by atoms with Crippen LogP contribution in [0.1, 0.15) is 52.9 Å². The highest BCUT2D eigenvalue weighted by molar-refractivity contribution is 7.17. The van der Waals surface area contributed by atoms with E-state index in [1.54, 1.807) is 0 Å². The molecule has 3 aromatic rings. The number of aliphatic carboxylic acids is 1. The molecule has 1 heterocycles. The monoisotopic (exact) mass is 479 g/mol. The van der Waals surface area contributed by atoms with E-state index in [4.69, 9.17) is 9.84 Å². The SMILES string of the molecule is CCCC(CC(=O)O)NC(=O)c1cnc(NC(=O)OCC2c3ccccc3-c3ccccc32)s1. The van der Waals surface area contributed by atoms with Crippen molar-refractivity contribution in [2.75, 3.05) is 11.9 Å². The van der Waals surface area contributed by atoms with Gasteiger partial charge in [-0.05, 0) is 28.7 Å². The van der Waals surface area contributed by atoms with Crippen molar-refractivity contribution in [2.45, 2.75) is 38.1 Å². The van der Waals surface area contributed by atoms with Gasteiger partial charge in [0.15, 0.2) is 5.13 Å². The van der Waals surface area contributed by atoms with Gasteiger partial charge in [-0.3, -0.25) is 14.9 Å². The number of nitrogens with zero attached hydrogens (tertiary/aromatic N) is 1. The Bertz CT molecular complexity index is 1160. The number of thiazole rings is 1. The van der Waals surface area contributed by atoms with Crippen molar-refractivity contribution in [3.05, 3.63) is 70.7 Å². The van der Waals surface area contributed by atoms with E-state index in [2.05, 4.69) is 27.8 Å². The van der Waals surface area contributed by atoms with E-state index in [0.717, 1.165) is 40.0 Å². The smallest absolute Gasteiger partial charge is 0.413 e. The van der Waals surface area contributed by atoms with Crippen molar-refractivity contribution in [1.82, 2.24) is 10.3 Å². The summed E-state index contributed by atoms with van der Waals surface area (Å²) in [7, 11) is 0. The zero-order valence-electron chi connectivity index (χ0n) is 18.6. The largest absolute Gasteiger partial charge is 0.481 e. The number of ether oxygens (including phenoxy) is 1. The fourth-order valence-electron chi connectivity index (χ4n) is 4.20. The summed E-state index contributed by atoms with van der Waals surface area (Å²) in [5.41, 5.74) is 4.53. The lowest BCUT2D eigenvalue weighted by Gasteiger charge is -2.15. The third-order valence-corrected chi connectivity index (χ3v) is 6.59. The summed E-state index contributed by atoms with van der Waals surface area (Å²) in [5.74, 6) is -1.45. The Labute approximate surface area is 201 Å². The summed E-state index contributed by atoms with van der Waals surface area (Å²) in [6.45, 7) is 2.09. The maximum absolute atomic E-state index is 12.5. The molecule has 0 saturated heterocycles. The van der Waals surface area contributed by atoms with Crippen molar-refractivity contribution in [3.8, 4) is 11.1 Å². The van der Waals surface area contributed by atoms with Crippen LogP contribution in [0, 0.1) is 0 Å². The normalized spacial score (nSPS) is 13.0. The maximum atomic E-state index is 12.5. The van der Waals surface area contributed by atoms with Crippen LogP contribution < -0.4 is 10.6 Å². The maximum Gasteiger partial charge on any atom is 0.413 e. The van der Waals surface area contributed by atoms with Gasteiger partial charge in [0.05, 0.1) is 12.6 Å². The summed E-state index contributed by atoms with van der Waals surface area (Å²) >= 11 is 1.00. The van der Waals surface area contributed by atoms with Gasteiger partial charge in [-0.15, -0.1) is 0 Å². The highest BCUT2D eigenvalue weighted by atomic mass is 32.1. The van der Waals surface area contributed by atoms with Crippen LogP contribution in [0.15, 0.2) is 54.7 Å². The van der Waals surface area contributed by atoms with Crippen molar-refractivity contribution < 1.29 is 24.2 Å². The number of hydrogen-bond acceptors (Lipinski definition) is 6. The van der Waals surface area contributed by atoms with Gasteiger partial charge < -0.3 is 15.2 Å². The molecule has 34 heavy (non-hydrogen) atoms. The van der Waals surface area contributed by atoms with Crippen LogP contribution in [-0.2, 0) is 9.53 Å². The molecular weight excluding hydrogens is 454 g/mol. The molecule has 4 rings (SSSR count). The summed E-state index contributed by atoms with van der Waals surface area (Å²) < 4.78 is 5.50. The Morgan fingerprint density at radius 3 is 2.35 bits per heavy atom. The third-order valence-electron chi connectivity index (χ3n) is 5.68. The predicted molar refractivity (Wildman–Crippen MR) is 129 cm³/mol. The average Bonchev–Trinajstić information content (AvgIpc) is 3.40. The second kappa shape index (κ2) is 10.5. The highest BCUT2D eigenvalue weighted by Crippen LogP contribution is 2.44. The quantitative estimate of drug-likeness (QED) is 0.403. The molecule has 1 unspecified atom stereocenters. The number of carboxylic acids is 1. The predicted octanol–water partition coefficient (Wildman–Crippen LogP) is 4.88. The van der Waals surface area contributed by atoms with Gasteiger partial charge in [0, 0.05) is 12.0 Å². The minimum absolute atomic E-state index is 0.0551. The number of fused-ring (bicyclic) bond motifs is 3. The fourth-order valence-corrected chi connectivity index (χ4v) is 4.90. The first kappa shape index (κ1) is 23.4. The second-order valence-corrected chi connectivity index (χ2v) is 9.07. The lowest BCUT2D eigenvalue weighted by molar-refractivity contribution is -0.137. The van der Waals surface area contributed by atoms with Crippen LogP contribution in [0.3, 0.4) is 0 Å². The molecule has 0 aliphatic heterocycles. The van der Waals surface area contributed by atoms with Gasteiger partial charge in [0.2, 0.25) is 0 Å². The molecule has 1 aliphatic carbocycles. The van der Waals surface area contributed by atoms with Crippen molar-refractivity contribution in [3.63, 3.8) is 0 Å². The van der Waals surface area contributed by atoms with Crippen LogP contribution in [0.4, 0.5) is 9.93 Å². The van der Waals surface area contributed by atoms with Gasteiger partial charge >= 0.3 is 12.1 Å². The number of rotatable bonds is 9. The standard InChI is InChI=1S/C25H25N3O5S/c1-2-7-15(12-22(29)30)27-23(31)21-13-26-24(34-21)28-25(32)33-14-20-18-10-5-3-8-16(18)17-9-4-6-11-19(17)20/h3-6,8-11,13,15,20H,2,7,12,14H2,1H3,(H,27,31)(H,29,30)(H,26,28,32). The van der Waals surface area contributed by atoms with E-state index in [1.807, 2.05) is 43.3 Å². The van der Waals surface area contributed by atoms with Gasteiger partial charge in [-0.25, -0.2) is 9.78 Å². The summed E-state index contributed by atoms with van der Waals surface area (Å²) in [4.78, 5) is 40.2. The third kappa shape index (κ3) is 5.26. The molecule has 0 saturated carbocycles. The molecule has 8 nitrogen and oxygen atoms in total. The topological polar surface area (TPSA) is 118 Å². The number of carbonyl (C=O) groups is 3. The number of anilines is 1. The second-order valence-electron chi connectivity index (χ2n) is 8.04. The highest BCUT2D eigenvalue weighted by Gasteiger charge is 2.29. The summed E-state index contributed by atoms with van der Waals surface area (Å²) in [5, 5.41) is 14.5. The molecule has 0 radical (unpaired) electrons. The van der Waals surface area contributed by atoms with Crippen LogP contribution in [0.5, 0.6) is 0 Å². The first-order valence-corrected chi connectivity index (χ1v) is 11.9. The summed E-state index contributed by atoms with van der Waals surface area (Å²) in [6, 6.07) is 15.7. The van der Waals surface area contributed by atoms with E-state index in [0.29, 0.717) is 6.42 Å². The Balaban J connectivity index is 1.35. The molecule has 1 aromatic heterocycles. The number of benzene rings is 2. The number of aromatic nitrogens is 1. The molecule has 1 atom stereocenters. The number of amides is 2. The molecule has 9 heteroatoms. The molecule has 0 bridgehead atoms. The average molecular weight is 480 g/mol. The molecule has 3 N–H and O–H groups in total. The van der Waals surface area contributed by atoms with Gasteiger partial charge in [-0.1, -0.05) is 73.2 Å². The fraction of sp³-hybridized carbons (Fsp3) is 0.280. The molecule has 0 fully saturated rings. The number of carboxylic acid groups (broad SMARTS) is 1. The molecule has 0 spiro atoms. The van der Waals surface area contributed by atoms with Crippen LogP contribution in [0.2, 0.25) is 0 Å². The Hall–Kier alpha value is -3.72. The van der Waals surface area contributed by atoms with E-state index in [-0.39, 0.29) is 29.0 Å².